The van der Waals surface area contributed by atoms with E-state index in [-0.39, 0.29) is 0 Å². The molecule has 7 aromatic rings. The van der Waals surface area contributed by atoms with Gasteiger partial charge in [-0.2, -0.15) is 0 Å². The zero-order valence-electron chi connectivity index (χ0n) is 25.0. The molecule has 5 nitrogen and oxygen atoms in total. The van der Waals surface area contributed by atoms with Gasteiger partial charge in [0.25, 0.3) is 0 Å². The van der Waals surface area contributed by atoms with Gasteiger partial charge in [0.1, 0.15) is 5.58 Å². The SMILES string of the molecule is C=Cc1c(/C=C\C)nc2oc3ccccc3c2c1C.Cc1cccc(-c2nc(-c3ccccc3)nc(-c3ccccc3)n2)c1. The van der Waals surface area contributed by atoms with Crippen LogP contribution in [0.5, 0.6) is 0 Å². The molecule has 3 aromatic heterocycles. The fourth-order valence-corrected chi connectivity index (χ4v) is 5.23. The van der Waals surface area contributed by atoms with Gasteiger partial charge >= 0.3 is 0 Å². The molecule has 0 bridgehead atoms. The van der Waals surface area contributed by atoms with Crippen LogP contribution in [0.15, 0.2) is 126 Å². The first kappa shape index (κ1) is 28.4. The van der Waals surface area contributed by atoms with Crippen molar-refractivity contribution in [1.82, 2.24) is 19.9 Å². The van der Waals surface area contributed by atoms with Crippen LogP contribution in [0, 0.1) is 13.8 Å². The lowest BCUT2D eigenvalue weighted by atomic mass is 10.0. The number of hydrogen-bond acceptors (Lipinski definition) is 5. The zero-order valence-corrected chi connectivity index (χ0v) is 25.0. The van der Waals surface area contributed by atoms with Crippen LogP contribution in [-0.4, -0.2) is 19.9 Å². The van der Waals surface area contributed by atoms with Crippen molar-refractivity contribution in [2.75, 3.05) is 0 Å². The third kappa shape index (κ3) is 5.81. The van der Waals surface area contributed by atoms with Crippen LogP contribution in [0.25, 0.3) is 68.4 Å². The lowest BCUT2D eigenvalue weighted by Crippen LogP contribution is -2.00. The van der Waals surface area contributed by atoms with Crippen molar-refractivity contribution in [3.63, 3.8) is 0 Å². The molecule has 0 aliphatic carbocycles. The molecule has 0 saturated carbocycles. The summed E-state index contributed by atoms with van der Waals surface area (Å²) in [6.45, 7) is 10.0. The number of fused-ring (bicyclic) bond motifs is 3. The van der Waals surface area contributed by atoms with Crippen molar-refractivity contribution in [3.05, 3.63) is 144 Å². The molecule has 0 aliphatic rings. The Morgan fingerprint density at radius 1 is 0.636 bits per heavy atom. The summed E-state index contributed by atoms with van der Waals surface area (Å²) in [7, 11) is 0. The molecule has 0 saturated heterocycles. The van der Waals surface area contributed by atoms with Gasteiger partial charge in [0, 0.05) is 27.6 Å². The molecule has 0 atom stereocenters. The fourth-order valence-electron chi connectivity index (χ4n) is 5.23. The molecule has 5 heteroatoms. The molecule has 4 aromatic carbocycles. The molecule has 214 valence electrons. The van der Waals surface area contributed by atoms with E-state index in [1.807, 2.05) is 116 Å². The summed E-state index contributed by atoms with van der Waals surface area (Å²) >= 11 is 0. The second-order valence-corrected chi connectivity index (χ2v) is 10.4. The highest BCUT2D eigenvalue weighted by atomic mass is 16.3. The number of rotatable bonds is 5. The number of allylic oxidation sites excluding steroid dienone is 1. The molecule has 0 unspecified atom stereocenters. The minimum Gasteiger partial charge on any atom is -0.438 e. The first-order chi connectivity index (χ1) is 21.6. The molecule has 0 fully saturated rings. The van der Waals surface area contributed by atoms with E-state index in [0.717, 1.165) is 49.9 Å². The minimum atomic E-state index is 0.686. The highest BCUT2D eigenvalue weighted by molar-refractivity contribution is 6.06. The van der Waals surface area contributed by atoms with E-state index in [0.29, 0.717) is 23.2 Å². The van der Waals surface area contributed by atoms with Gasteiger partial charge in [0.2, 0.25) is 5.71 Å². The maximum atomic E-state index is 5.84. The molecular formula is C39H32N4O. The van der Waals surface area contributed by atoms with Crippen molar-refractivity contribution in [2.24, 2.45) is 0 Å². The van der Waals surface area contributed by atoms with Crippen LogP contribution in [0.4, 0.5) is 0 Å². The van der Waals surface area contributed by atoms with Gasteiger partial charge in [0.05, 0.1) is 11.1 Å². The van der Waals surface area contributed by atoms with Gasteiger partial charge < -0.3 is 4.42 Å². The number of pyridine rings is 1. The van der Waals surface area contributed by atoms with Gasteiger partial charge in [-0.3, -0.25) is 0 Å². The van der Waals surface area contributed by atoms with E-state index in [1.165, 1.54) is 5.56 Å². The van der Waals surface area contributed by atoms with Crippen LogP contribution in [0.1, 0.15) is 29.3 Å². The lowest BCUT2D eigenvalue weighted by Gasteiger charge is -2.08. The fraction of sp³-hybridized carbons (Fsp3) is 0.0769. The predicted octanol–water partition coefficient (Wildman–Crippen LogP) is 10.1. The van der Waals surface area contributed by atoms with Crippen LogP contribution in [-0.2, 0) is 0 Å². The number of benzene rings is 4. The Bertz CT molecular complexity index is 2050. The van der Waals surface area contributed by atoms with E-state index in [1.54, 1.807) is 0 Å². The quantitative estimate of drug-likeness (QED) is 0.205. The van der Waals surface area contributed by atoms with Crippen molar-refractivity contribution in [1.29, 1.82) is 0 Å². The van der Waals surface area contributed by atoms with E-state index in [9.17, 15) is 0 Å². The Hall–Kier alpha value is -5.68. The van der Waals surface area contributed by atoms with E-state index in [4.69, 9.17) is 19.4 Å². The summed E-state index contributed by atoms with van der Waals surface area (Å²) in [5, 5.41) is 2.19. The van der Waals surface area contributed by atoms with Gasteiger partial charge in [-0.05, 0) is 44.5 Å². The third-order valence-electron chi connectivity index (χ3n) is 7.36. The number of para-hydroxylation sites is 1. The smallest absolute Gasteiger partial charge is 0.228 e. The van der Waals surface area contributed by atoms with Gasteiger partial charge in [-0.15, -0.1) is 0 Å². The largest absolute Gasteiger partial charge is 0.438 e. The van der Waals surface area contributed by atoms with E-state index >= 15 is 0 Å². The van der Waals surface area contributed by atoms with Gasteiger partial charge in [-0.25, -0.2) is 19.9 Å². The van der Waals surface area contributed by atoms with E-state index < -0.39 is 0 Å². The van der Waals surface area contributed by atoms with Crippen LogP contribution in [0.3, 0.4) is 0 Å². The summed E-state index contributed by atoms with van der Waals surface area (Å²) < 4.78 is 5.84. The maximum Gasteiger partial charge on any atom is 0.228 e. The Labute approximate surface area is 257 Å². The van der Waals surface area contributed by atoms with Crippen LogP contribution < -0.4 is 0 Å². The number of nitrogens with zero attached hydrogens (tertiary/aromatic N) is 4. The number of furan rings is 1. The molecule has 0 spiro atoms. The van der Waals surface area contributed by atoms with Gasteiger partial charge in [-0.1, -0.05) is 121 Å². The normalized spacial score (nSPS) is 11.1. The monoisotopic (exact) mass is 572 g/mol. The number of aryl methyl sites for hydroxylation is 2. The van der Waals surface area contributed by atoms with Crippen LogP contribution >= 0.6 is 0 Å². The Kier molecular flexibility index (Phi) is 8.19. The Morgan fingerprint density at radius 2 is 1.20 bits per heavy atom. The topological polar surface area (TPSA) is 64.7 Å². The summed E-state index contributed by atoms with van der Waals surface area (Å²) in [5.41, 5.74) is 8.85. The average molecular weight is 573 g/mol. The highest BCUT2D eigenvalue weighted by Gasteiger charge is 2.15. The zero-order chi connectivity index (χ0) is 30.5. The number of aromatic nitrogens is 4. The number of hydrogen-bond donors (Lipinski definition) is 0. The standard InChI is InChI=1S/C22H17N3.C17H15NO/c1-16-9-8-14-19(15-16)22-24-20(17-10-4-2-5-11-17)23-21(25-22)18-12-6-3-7-13-18;1-4-8-14-12(5-2)11(3)16-13-9-6-7-10-15(13)19-17(16)18-14/h2-15H,1H3;4-10H,2H2,1,3H3/b;8-4-. The highest BCUT2D eigenvalue weighted by Crippen LogP contribution is 2.33. The third-order valence-corrected chi connectivity index (χ3v) is 7.36. The molecular weight excluding hydrogens is 540 g/mol. The summed E-state index contributed by atoms with van der Waals surface area (Å²) in [6, 6.07) is 36.3. The molecule has 0 N–H and O–H groups in total. The van der Waals surface area contributed by atoms with E-state index in [2.05, 4.69) is 43.6 Å². The Morgan fingerprint density at radius 3 is 1.80 bits per heavy atom. The lowest BCUT2D eigenvalue weighted by molar-refractivity contribution is 0.653. The molecule has 44 heavy (non-hydrogen) atoms. The van der Waals surface area contributed by atoms with Crippen molar-refractivity contribution in [2.45, 2.75) is 20.8 Å². The summed E-state index contributed by atoms with van der Waals surface area (Å²) in [4.78, 5) is 18.7. The van der Waals surface area contributed by atoms with Crippen LogP contribution in [0.2, 0.25) is 0 Å². The van der Waals surface area contributed by atoms with Crippen molar-refractivity contribution in [3.8, 4) is 34.2 Å². The average Bonchev–Trinajstić information content (AvgIpc) is 3.45. The minimum absolute atomic E-state index is 0.686. The molecule has 3 heterocycles. The first-order valence-electron chi connectivity index (χ1n) is 14.6. The Balaban J connectivity index is 0.000000162. The molecule has 7 rings (SSSR count). The summed E-state index contributed by atoms with van der Waals surface area (Å²) in [6.07, 6.45) is 5.82. The molecule has 0 aliphatic heterocycles. The molecule has 0 amide bonds. The van der Waals surface area contributed by atoms with Gasteiger partial charge in [0.15, 0.2) is 17.5 Å². The predicted molar refractivity (Wildman–Crippen MR) is 182 cm³/mol. The maximum absolute atomic E-state index is 5.84. The first-order valence-corrected chi connectivity index (χ1v) is 14.6. The van der Waals surface area contributed by atoms with Crippen molar-refractivity contribution >= 4 is 34.2 Å². The molecule has 0 radical (unpaired) electrons. The summed E-state index contributed by atoms with van der Waals surface area (Å²) in [5.74, 6) is 2.06. The van der Waals surface area contributed by atoms with Crippen molar-refractivity contribution < 1.29 is 4.42 Å². The second kappa shape index (κ2) is 12.7. The second-order valence-electron chi connectivity index (χ2n) is 10.4.